The van der Waals surface area contributed by atoms with Gasteiger partial charge in [0.05, 0.1) is 53.8 Å². The van der Waals surface area contributed by atoms with Crippen molar-refractivity contribution in [2.24, 2.45) is 7.05 Å². The second-order valence-electron chi connectivity index (χ2n) is 11.8. The molecule has 13 nitrogen and oxygen atoms in total. The summed E-state index contributed by atoms with van der Waals surface area (Å²) in [5, 5.41) is 8.59. The topological polar surface area (TPSA) is 153 Å². The van der Waals surface area contributed by atoms with Gasteiger partial charge in [0.25, 0.3) is 11.5 Å². The van der Waals surface area contributed by atoms with Gasteiger partial charge in [-0.05, 0) is 56.5 Å². The van der Waals surface area contributed by atoms with E-state index in [1.165, 1.54) is 6.07 Å². The number of sulfonamides is 1. The van der Waals surface area contributed by atoms with Gasteiger partial charge in [0.1, 0.15) is 5.15 Å². The predicted octanol–water partition coefficient (Wildman–Crippen LogP) is 3.30. The number of aromatic nitrogens is 5. The Hall–Kier alpha value is -4.01. The molecule has 0 saturated carbocycles. The molecular formula is C30H35ClN8O5S. The third-order valence-corrected chi connectivity index (χ3v) is 9.11. The molecule has 0 radical (unpaired) electrons. The van der Waals surface area contributed by atoms with Crippen LogP contribution in [0.4, 0.5) is 11.6 Å². The number of rotatable bonds is 8. The highest BCUT2D eigenvalue weighted by molar-refractivity contribution is 7.89. The Morgan fingerprint density at radius 2 is 1.87 bits per heavy atom. The van der Waals surface area contributed by atoms with Crippen molar-refractivity contribution in [1.82, 2.24) is 29.0 Å². The first-order valence-electron chi connectivity index (χ1n) is 14.7. The van der Waals surface area contributed by atoms with Crippen LogP contribution in [0, 0.1) is 6.92 Å². The third-order valence-electron chi connectivity index (χ3n) is 8.34. The monoisotopic (exact) mass is 654 g/mol. The van der Waals surface area contributed by atoms with Gasteiger partial charge in [-0.25, -0.2) is 23.1 Å². The molecule has 0 spiro atoms. The van der Waals surface area contributed by atoms with Crippen LogP contribution in [0.3, 0.4) is 0 Å². The minimum Gasteiger partial charge on any atom is -0.377 e. The van der Waals surface area contributed by atoms with Crippen LogP contribution in [0.2, 0.25) is 5.15 Å². The number of carbonyl (C=O) groups excluding carboxylic acids is 1. The fourth-order valence-electron chi connectivity index (χ4n) is 5.93. The summed E-state index contributed by atoms with van der Waals surface area (Å²) in [5.74, 6) is -0.00225. The molecule has 45 heavy (non-hydrogen) atoms. The summed E-state index contributed by atoms with van der Waals surface area (Å²) in [7, 11) is -2.09. The van der Waals surface area contributed by atoms with E-state index in [9.17, 15) is 18.0 Å². The summed E-state index contributed by atoms with van der Waals surface area (Å²) < 4.78 is 34.3. The Balaban J connectivity index is 1.28. The first-order chi connectivity index (χ1) is 21.4. The molecular weight excluding hydrogens is 620 g/mol. The maximum Gasteiger partial charge on any atom is 0.285 e. The zero-order valence-corrected chi connectivity index (χ0v) is 27.0. The molecule has 1 atom stereocenters. The molecule has 2 aliphatic heterocycles. The first-order valence-corrected chi connectivity index (χ1v) is 17.0. The number of pyridine rings is 1. The van der Waals surface area contributed by atoms with Gasteiger partial charge in [-0.3, -0.25) is 18.8 Å². The van der Waals surface area contributed by atoms with Crippen molar-refractivity contribution in [1.29, 1.82) is 0 Å². The average molecular weight is 655 g/mol. The number of benzene rings is 1. The number of ether oxygens (including phenoxy) is 1. The third kappa shape index (κ3) is 6.40. The number of aryl methyl sites for hydroxylation is 1. The molecule has 5 heterocycles. The van der Waals surface area contributed by atoms with Crippen molar-refractivity contribution >= 4 is 50.1 Å². The number of nitrogens with one attached hydrogen (secondary N) is 2. The molecule has 0 aliphatic carbocycles. The number of carbonyl (C=O) groups is 1. The van der Waals surface area contributed by atoms with Crippen molar-refractivity contribution in [3.05, 3.63) is 74.6 Å². The first kappa shape index (κ1) is 31.0. The molecule has 238 valence electrons. The summed E-state index contributed by atoms with van der Waals surface area (Å²) in [5.41, 5.74) is 3.20. The van der Waals surface area contributed by atoms with Crippen LogP contribution in [0.1, 0.15) is 65.1 Å². The highest BCUT2D eigenvalue weighted by Gasteiger charge is 2.28. The standard InChI is InChI=1S/C30H35ClN8O5S/c1-17-13-21(18(2)32-24-5-6-25(31)33-27(24)28(40)36-45(4,42)43)26-22(14-17)29(41)37(3)30(34-26)38-10-7-19(8-11-38)23-9-12-39(35-23)20-15-44-16-20/h5-6,9,12-14,18-20,32H,7-8,10-11,15-16H2,1-4H3,(H,36,40)/t18-/m1/s1. The van der Waals surface area contributed by atoms with Crippen LogP contribution in [-0.2, 0) is 21.8 Å². The molecule has 15 heteroatoms. The molecule has 6 rings (SSSR count). The van der Waals surface area contributed by atoms with Crippen LogP contribution < -0.4 is 20.5 Å². The van der Waals surface area contributed by atoms with Gasteiger partial charge in [-0.2, -0.15) is 5.10 Å². The molecule has 3 aromatic heterocycles. The van der Waals surface area contributed by atoms with E-state index >= 15 is 0 Å². The van der Waals surface area contributed by atoms with Gasteiger partial charge in [0.2, 0.25) is 16.0 Å². The lowest BCUT2D eigenvalue weighted by Crippen LogP contribution is -2.38. The summed E-state index contributed by atoms with van der Waals surface area (Å²) in [4.78, 5) is 37.7. The largest absolute Gasteiger partial charge is 0.377 e. The number of hydrogen-bond donors (Lipinski definition) is 2. The Bertz CT molecular complexity index is 1950. The van der Waals surface area contributed by atoms with Crippen molar-refractivity contribution in [3.63, 3.8) is 0 Å². The number of nitrogens with zero attached hydrogens (tertiary/aromatic N) is 6. The SMILES string of the molecule is Cc1cc([C@@H](C)Nc2ccc(Cl)nc2C(=O)NS(C)(=O)=O)c2nc(N3CCC(c4ccn(C5COC5)n4)CC3)n(C)c(=O)c2c1. The van der Waals surface area contributed by atoms with Crippen LogP contribution in [0.5, 0.6) is 0 Å². The summed E-state index contributed by atoms with van der Waals surface area (Å²) in [6.45, 7) is 6.63. The van der Waals surface area contributed by atoms with E-state index in [1.807, 2.05) is 41.6 Å². The molecule has 2 saturated heterocycles. The highest BCUT2D eigenvalue weighted by atomic mass is 35.5. The van der Waals surface area contributed by atoms with Crippen LogP contribution in [0.15, 0.2) is 41.3 Å². The Kier molecular flexibility index (Phi) is 8.31. The van der Waals surface area contributed by atoms with Crippen LogP contribution >= 0.6 is 11.6 Å². The number of hydrogen-bond acceptors (Lipinski definition) is 10. The Morgan fingerprint density at radius 3 is 2.53 bits per heavy atom. The minimum absolute atomic E-state index is 0.0350. The quantitative estimate of drug-likeness (QED) is 0.271. The molecule has 1 aromatic carbocycles. The lowest BCUT2D eigenvalue weighted by Gasteiger charge is -2.33. The lowest BCUT2D eigenvalue weighted by molar-refractivity contribution is -0.0288. The van der Waals surface area contributed by atoms with Crippen LogP contribution in [0.25, 0.3) is 10.9 Å². The van der Waals surface area contributed by atoms with Gasteiger partial charge in [0, 0.05) is 37.8 Å². The summed E-state index contributed by atoms with van der Waals surface area (Å²) in [6, 6.07) is 8.81. The van der Waals surface area contributed by atoms with Crippen molar-refractivity contribution in [2.45, 2.75) is 44.7 Å². The average Bonchev–Trinajstić information content (AvgIpc) is 3.43. The van der Waals surface area contributed by atoms with E-state index in [0.717, 1.165) is 49.0 Å². The molecule has 0 bridgehead atoms. The number of amides is 1. The van der Waals surface area contributed by atoms with Gasteiger partial charge < -0.3 is 15.0 Å². The van der Waals surface area contributed by atoms with Gasteiger partial charge in [-0.1, -0.05) is 17.7 Å². The van der Waals surface area contributed by atoms with Crippen molar-refractivity contribution in [2.75, 3.05) is 42.8 Å². The van der Waals surface area contributed by atoms with E-state index in [4.69, 9.17) is 26.4 Å². The van der Waals surface area contributed by atoms with E-state index in [0.29, 0.717) is 42.0 Å². The highest BCUT2D eigenvalue weighted by Crippen LogP contribution is 2.32. The zero-order chi connectivity index (χ0) is 32.0. The Labute approximate surface area is 265 Å². The van der Waals surface area contributed by atoms with Gasteiger partial charge in [-0.15, -0.1) is 0 Å². The van der Waals surface area contributed by atoms with E-state index < -0.39 is 22.0 Å². The molecule has 2 aliphatic rings. The number of halogens is 1. The molecule has 2 N–H and O–H groups in total. The maximum absolute atomic E-state index is 13.7. The minimum atomic E-state index is -3.83. The van der Waals surface area contributed by atoms with Gasteiger partial charge in [0.15, 0.2) is 5.69 Å². The Morgan fingerprint density at radius 1 is 1.13 bits per heavy atom. The van der Waals surface area contributed by atoms with Crippen molar-refractivity contribution < 1.29 is 17.9 Å². The predicted molar refractivity (Wildman–Crippen MR) is 172 cm³/mol. The lowest BCUT2D eigenvalue weighted by atomic mass is 9.94. The number of fused-ring (bicyclic) bond motifs is 1. The number of anilines is 2. The zero-order valence-electron chi connectivity index (χ0n) is 25.4. The fourth-order valence-corrected chi connectivity index (χ4v) is 6.51. The molecule has 2 fully saturated rings. The maximum atomic E-state index is 13.7. The molecule has 1 amide bonds. The van der Waals surface area contributed by atoms with Crippen LogP contribution in [-0.4, -0.2) is 71.2 Å². The smallest absolute Gasteiger partial charge is 0.285 e. The normalized spacial score (nSPS) is 16.9. The second-order valence-corrected chi connectivity index (χ2v) is 13.9. The van der Waals surface area contributed by atoms with E-state index in [-0.39, 0.29) is 22.1 Å². The fraction of sp³-hybridized carbons (Fsp3) is 0.433. The molecule has 4 aromatic rings. The van der Waals surface area contributed by atoms with E-state index in [1.54, 1.807) is 17.7 Å². The molecule has 0 unspecified atom stereocenters. The van der Waals surface area contributed by atoms with Gasteiger partial charge >= 0.3 is 0 Å². The van der Waals surface area contributed by atoms with E-state index in [2.05, 4.69) is 21.3 Å². The summed E-state index contributed by atoms with van der Waals surface area (Å²) in [6.07, 6.45) is 4.68. The van der Waals surface area contributed by atoms with Crippen molar-refractivity contribution in [3.8, 4) is 0 Å². The summed E-state index contributed by atoms with van der Waals surface area (Å²) >= 11 is 6.04. The number of piperidine rings is 1. The second kappa shape index (κ2) is 12.1.